The van der Waals surface area contributed by atoms with Crippen molar-refractivity contribution in [3.05, 3.63) is 253 Å². The molecular weight excluding hydrogens is 865 g/mol. The van der Waals surface area contributed by atoms with Crippen LogP contribution in [0.2, 0.25) is 0 Å². The number of furan rings is 1. The molecule has 0 aliphatic heterocycles. The second-order valence-electron chi connectivity index (χ2n) is 17.9. The molecule has 5 heteroatoms. The molecule has 0 radical (unpaired) electrons. The fourth-order valence-corrected chi connectivity index (χ4v) is 14.1. The number of para-hydroxylation sites is 4. The number of anilines is 6. The average Bonchev–Trinajstić information content (AvgIpc) is 4.20. The molecule has 68 heavy (non-hydrogen) atoms. The topological polar surface area (TPSA) is 19.6 Å². The summed E-state index contributed by atoms with van der Waals surface area (Å²) in [5.74, 6) is 0. The molecule has 10 aromatic carbocycles. The predicted octanol–water partition coefficient (Wildman–Crippen LogP) is 18.5. The lowest BCUT2D eigenvalue weighted by Crippen LogP contribution is -2.26. The van der Waals surface area contributed by atoms with Gasteiger partial charge in [0.2, 0.25) is 0 Å². The average molecular weight is 903 g/mol. The number of hydrogen-bond acceptors (Lipinski definition) is 5. The molecule has 0 saturated heterocycles. The summed E-state index contributed by atoms with van der Waals surface area (Å²) in [5, 5.41) is 6.10. The van der Waals surface area contributed by atoms with Crippen molar-refractivity contribution >= 4 is 109 Å². The van der Waals surface area contributed by atoms with Crippen LogP contribution < -0.4 is 9.80 Å². The third-order valence-corrected chi connectivity index (χ3v) is 16.8. The number of thiophene rings is 2. The number of hydrogen-bond donors (Lipinski definition) is 0. The van der Waals surface area contributed by atoms with Gasteiger partial charge >= 0.3 is 0 Å². The molecule has 1 atom stereocenters. The van der Waals surface area contributed by atoms with Crippen molar-refractivity contribution in [3.63, 3.8) is 0 Å². The fraction of sp³-hybridized carbons (Fsp3) is 0.0159. The van der Waals surface area contributed by atoms with Crippen LogP contribution in [-0.4, -0.2) is 0 Å². The zero-order valence-electron chi connectivity index (χ0n) is 36.6. The largest absolute Gasteiger partial charge is 0.454 e. The Kier molecular flexibility index (Phi) is 8.03. The van der Waals surface area contributed by atoms with Gasteiger partial charge in [-0.25, -0.2) is 0 Å². The van der Waals surface area contributed by atoms with E-state index >= 15 is 0 Å². The minimum atomic E-state index is -0.619. The summed E-state index contributed by atoms with van der Waals surface area (Å²) in [5.41, 5.74) is 16.7. The van der Waals surface area contributed by atoms with Crippen LogP contribution in [0, 0.1) is 0 Å². The summed E-state index contributed by atoms with van der Waals surface area (Å²) in [4.78, 5) is 6.18. The molecule has 2 aliphatic carbocycles. The first-order valence-corrected chi connectivity index (χ1v) is 24.8. The van der Waals surface area contributed by atoms with E-state index in [1.165, 1.54) is 74.1 Å². The predicted molar refractivity (Wildman–Crippen MR) is 288 cm³/mol. The van der Waals surface area contributed by atoms with Gasteiger partial charge in [-0.3, -0.25) is 0 Å². The standard InChI is InChI=1S/C63H38N2OS2/c1-3-16-39(17-4-1)64(41-32-35-59-51(36-41)47-22-9-13-28-57(47)67-59)42-30-33-45-44-20-7-11-25-52(44)63(53(45)37-42)54-38-43(31-34-49(54)62-60(63)50-23-10-14-29-58(50)68-62)65(40-18-5-2-6-19-40)55-26-15-24-48-46-21-8-12-27-56(46)66-61(48)55/h1-38H. The van der Waals surface area contributed by atoms with Crippen LogP contribution in [0.5, 0.6) is 0 Å². The number of fused-ring (bicyclic) bond motifs is 18. The van der Waals surface area contributed by atoms with Crippen LogP contribution in [0.25, 0.3) is 73.8 Å². The maximum Gasteiger partial charge on any atom is 0.159 e. The van der Waals surface area contributed by atoms with Gasteiger partial charge in [-0.15, -0.1) is 22.7 Å². The third-order valence-electron chi connectivity index (χ3n) is 14.4. The van der Waals surface area contributed by atoms with Crippen molar-refractivity contribution < 1.29 is 4.42 Å². The Balaban J connectivity index is 1.01. The molecule has 0 bridgehead atoms. The van der Waals surface area contributed by atoms with Crippen LogP contribution in [0.4, 0.5) is 34.1 Å². The highest BCUT2D eigenvalue weighted by atomic mass is 32.1. The molecule has 3 nitrogen and oxygen atoms in total. The second-order valence-corrected chi connectivity index (χ2v) is 20.1. The Bertz CT molecular complexity index is 4180. The zero-order chi connectivity index (χ0) is 44.5. The van der Waals surface area contributed by atoms with Crippen molar-refractivity contribution in [2.24, 2.45) is 0 Å². The van der Waals surface area contributed by atoms with Crippen molar-refractivity contribution in [3.8, 4) is 21.6 Å². The van der Waals surface area contributed by atoms with E-state index in [2.05, 4.69) is 234 Å². The first kappa shape index (κ1) is 37.9. The minimum Gasteiger partial charge on any atom is -0.454 e. The van der Waals surface area contributed by atoms with E-state index in [1.807, 2.05) is 28.7 Å². The van der Waals surface area contributed by atoms with E-state index in [-0.39, 0.29) is 0 Å². The first-order valence-electron chi connectivity index (χ1n) is 23.2. The Morgan fingerprint density at radius 1 is 0.338 bits per heavy atom. The van der Waals surface area contributed by atoms with Gasteiger partial charge in [0, 0.05) is 69.0 Å². The minimum absolute atomic E-state index is 0.619. The lowest BCUT2D eigenvalue weighted by atomic mass is 9.70. The van der Waals surface area contributed by atoms with E-state index in [4.69, 9.17) is 4.42 Å². The molecule has 0 amide bonds. The normalized spacial score (nSPS) is 14.5. The molecule has 2 aliphatic rings. The lowest BCUT2D eigenvalue weighted by Gasteiger charge is -2.33. The van der Waals surface area contributed by atoms with E-state index in [0.717, 1.165) is 56.1 Å². The van der Waals surface area contributed by atoms with Gasteiger partial charge in [0.05, 0.1) is 11.1 Å². The van der Waals surface area contributed by atoms with Crippen LogP contribution in [0.3, 0.4) is 0 Å². The van der Waals surface area contributed by atoms with Crippen LogP contribution in [0.1, 0.15) is 22.3 Å². The van der Waals surface area contributed by atoms with E-state index in [1.54, 1.807) is 0 Å². The Labute approximate surface area is 400 Å². The molecule has 318 valence electrons. The molecule has 1 unspecified atom stereocenters. The molecule has 0 N–H and O–H groups in total. The van der Waals surface area contributed by atoms with Crippen molar-refractivity contribution in [1.82, 2.24) is 0 Å². The molecule has 3 aromatic heterocycles. The van der Waals surface area contributed by atoms with E-state index in [0.29, 0.717) is 0 Å². The van der Waals surface area contributed by atoms with Gasteiger partial charge in [0.15, 0.2) is 5.58 Å². The van der Waals surface area contributed by atoms with E-state index < -0.39 is 5.41 Å². The van der Waals surface area contributed by atoms with Crippen molar-refractivity contribution in [2.75, 3.05) is 9.80 Å². The zero-order valence-corrected chi connectivity index (χ0v) is 38.2. The quantitative estimate of drug-likeness (QED) is 0.166. The second kappa shape index (κ2) is 14.4. The van der Waals surface area contributed by atoms with E-state index in [9.17, 15) is 0 Å². The highest BCUT2D eigenvalue weighted by Gasteiger charge is 2.54. The van der Waals surface area contributed by atoms with Gasteiger partial charge in [0.25, 0.3) is 0 Å². The first-order chi connectivity index (χ1) is 33.7. The molecule has 0 fully saturated rings. The lowest BCUT2D eigenvalue weighted by molar-refractivity contribution is 0.669. The Morgan fingerprint density at radius 2 is 0.897 bits per heavy atom. The number of nitrogens with zero attached hydrogens (tertiary/aromatic N) is 2. The van der Waals surface area contributed by atoms with Gasteiger partial charge in [-0.1, -0.05) is 140 Å². The van der Waals surface area contributed by atoms with Crippen LogP contribution in [-0.2, 0) is 5.41 Å². The molecule has 15 rings (SSSR count). The summed E-state index contributed by atoms with van der Waals surface area (Å²) in [6.45, 7) is 0. The number of benzene rings is 10. The van der Waals surface area contributed by atoms with Gasteiger partial charge < -0.3 is 14.2 Å². The summed E-state index contributed by atoms with van der Waals surface area (Å²) >= 11 is 3.78. The molecule has 1 spiro atoms. The number of rotatable bonds is 6. The maximum absolute atomic E-state index is 6.78. The van der Waals surface area contributed by atoms with Crippen molar-refractivity contribution in [1.29, 1.82) is 0 Å². The Hall–Kier alpha value is -8.22. The van der Waals surface area contributed by atoms with Gasteiger partial charge in [0.1, 0.15) is 5.58 Å². The molecule has 3 heterocycles. The smallest absolute Gasteiger partial charge is 0.159 e. The highest BCUT2D eigenvalue weighted by Crippen LogP contribution is 2.67. The van der Waals surface area contributed by atoms with Crippen LogP contribution >= 0.6 is 22.7 Å². The molecular formula is C63H38N2OS2. The van der Waals surface area contributed by atoms with Crippen LogP contribution in [0.15, 0.2) is 235 Å². The molecule has 13 aromatic rings. The summed E-state index contributed by atoms with van der Waals surface area (Å²) in [6, 6.07) is 84.9. The molecule has 0 saturated carbocycles. The maximum atomic E-state index is 6.78. The Morgan fingerprint density at radius 3 is 1.71 bits per heavy atom. The SMILES string of the molecule is c1ccc(N(c2ccc3c(c2)C2(c4ccccc4-3)c3cc(N(c4ccccc4)c4cccc5c4oc4ccccc45)ccc3-c3sc4ccccc4c32)c2ccc3sc4ccccc4c3c2)cc1. The van der Waals surface area contributed by atoms with Gasteiger partial charge in [-0.2, -0.15) is 0 Å². The summed E-state index contributed by atoms with van der Waals surface area (Å²) in [7, 11) is 0. The highest BCUT2D eigenvalue weighted by molar-refractivity contribution is 7.25. The third kappa shape index (κ3) is 5.23. The monoisotopic (exact) mass is 902 g/mol. The summed E-state index contributed by atoms with van der Waals surface area (Å²) in [6.07, 6.45) is 0. The van der Waals surface area contributed by atoms with Crippen molar-refractivity contribution in [2.45, 2.75) is 5.41 Å². The summed E-state index contributed by atoms with van der Waals surface area (Å²) < 4.78 is 10.7. The fourth-order valence-electron chi connectivity index (χ4n) is 11.7. The van der Waals surface area contributed by atoms with Gasteiger partial charge in [-0.05, 0) is 135 Å².